The van der Waals surface area contributed by atoms with Gasteiger partial charge in [0.15, 0.2) is 0 Å². The average molecular weight is 158 g/mol. The third-order valence-electron chi connectivity index (χ3n) is 1.44. The predicted octanol–water partition coefficient (Wildman–Crippen LogP) is 1.12. The normalized spacial score (nSPS) is 10.9. The molecule has 0 radical (unpaired) electrons. The lowest BCUT2D eigenvalue weighted by Gasteiger charge is -2.23. The zero-order valence-corrected chi connectivity index (χ0v) is 7.68. The van der Waals surface area contributed by atoms with Gasteiger partial charge in [0.25, 0.3) is 0 Å². The van der Waals surface area contributed by atoms with Gasteiger partial charge < -0.3 is 0 Å². The second-order valence-corrected chi connectivity index (χ2v) is 3.05. The molecule has 0 bridgehead atoms. The quantitative estimate of drug-likeness (QED) is 0.349. The second kappa shape index (κ2) is 3.53. The highest BCUT2D eigenvalue weighted by Crippen LogP contribution is 2.02. The van der Waals surface area contributed by atoms with Crippen molar-refractivity contribution in [3.63, 3.8) is 0 Å². The molecule has 0 amide bonds. The van der Waals surface area contributed by atoms with Gasteiger partial charge in [0.2, 0.25) is 0 Å². The molecule has 0 rings (SSSR count). The van der Waals surface area contributed by atoms with Crippen LogP contribution < -0.4 is 0 Å². The first-order valence-corrected chi connectivity index (χ1v) is 3.61. The summed E-state index contributed by atoms with van der Waals surface area (Å²) in [5.74, 6) is -0.336. The van der Waals surface area contributed by atoms with Gasteiger partial charge >= 0.3 is 5.97 Å². The molecule has 0 aliphatic carbocycles. The lowest BCUT2D eigenvalue weighted by molar-refractivity contribution is -1.06. The molecular weight excluding hydrogens is 142 g/mol. The molecule has 0 N–H and O–H groups in total. The van der Waals surface area contributed by atoms with Gasteiger partial charge in [-0.05, 0) is 13.8 Å². The Balaban J connectivity index is 4.04. The first-order chi connectivity index (χ1) is 4.89. The van der Waals surface area contributed by atoms with E-state index in [1.807, 2.05) is 21.0 Å². The fourth-order valence-electron chi connectivity index (χ4n) is 0.367. The Morgan fingerprint density at radius 1 is 1.55 bits per heavy atom. The molecule has 0 unspecified atom stereocenters. The molecule has 0 aliphatic heterocycles. The van der Waals surface area contributed by atoms with Gasteiger partial charge in [-0.2, -0.15) is 0 Å². The van der Waals surface area contributed by atoms with Gasteiger partial charge in [-0.25, -0.2) is 4.79 Å². The summed E-state index contributed by atoms with van der Waals surface area (Å²) in [6.45, 7) is 7.82. The number of quaternary nitrogens is 1. The highest BCUT2D eigenvalue weighted by molar-refractivity contribution is 5.86. The Labute approximate surface area is 67.8 Å². The molecule has 0 atom stereocenters. The van der Waals surface area contributed by atoms with Crippen LogP contribution in [0.2, 0.25) is 0 Å². The number of hydroxylamine groups is 3. The van der Waals surface area contributed by atoms with Crippen LogP contribution in [0.5, 0.6) is 0 Å². The van der Waals surface area contributed by atoms with Crippen LogP contribution in [-0.2, 0) is 9.63 Å². The minimum Gasteiger partial charge on any atom is -0.272 e. The number of rotatable bonds is 3. The lowest BCUT2D eigenvalue weighted by Crippen LogP contribution is -2.41. The maximum Gasteiger partial charge on any atom is 0.392 e. The number of hydrogen-bond acceptors (Lipinski definition) is 2. The summed E-state index contributed by atoms with van der Waals surface area (Å²) in [7, 11) is 3.64. The highest BCUT2D eigenvalue weighted by atomic mass is 16.7. The fraction of sp³-hybridized carbons (Fsp3) is 0.625. The molecule has 0 spiro atoms. The van der Waals surface area contributed by atoms with Crippen molar-refractivity contribution < 1.29 is 14.3 Å². The van der Waals surface area contributed by atoms with Crippen LogP contribution in [0, 0.1) is 0 Å². The minimum atomic E-state index is -0.336. The summed E-state index contributed by atoms with van der Waals surface area (Å²) in [6.07, 6.45) is 0. The van der Waals surface area contributed by atoms with Crippen LogP contribution in [0.1, 0.15) is 13.8 Å². The second-order valence-electron chi connectivity index (χ2n) is 3.05. The monoisotopic (exact) mass is 158 g/mol. The van der Waals surface area contributed by atoms with Crippen LogP contribution in [0.3, 0.4) is 0 Å². The van der Waals surface area contributed by atoms with Crippen molar-refractivity contribution in [2.24, 2.45) is 0 Å². The van der Waals surface area contributed by atoms with Crippen molar-refractivity contribution in [1.82, 2.24) is 0 Å². The van der Waals surface area contributed by atoms with E-state index in [4.69, 9.17) is 4.84 Å². The van der Waals surface area contributed by atoms with Gasteiger partial charge in [0.05, 0.1) is 0 Å². The van der Waals surface area contributed by atoms with Gasteiger partial charge in [-0.1, -0.05) is 6.58 Å². The van der Waals surface area contributed by atoms with Crippen LogP contribution >= 0.6 is 0 Å². The van der Waals surface area contributed by atoms with E-state index in [1.165, 1.54) is 0 Å². The Bertz CT molecular complexity index is 173. The average Bonchev–Trinajstić information content (AvgIpc) is 1.87. The molecule has 0 aromatic rings. The van der Waals surface area contributed by atoms with Crippen molar-refractivity contribution in [1.29, 1.82) is 0 Å². The number of carbonyl (C=O) groups is 1. The van der Waals surface area contributed by atoms with Crippen LogP contribution in [0.4, 0.5) is 0 Å². The van der Waals surface area contributed by atoms with E-state index < -0.39 is 0 Å². The first-order valence-electron chi connectivity index (χ1n) is 3.61. The fourth-order valence-corrected chi connectivity index (χ4v) is 0.367. The SMILES string of the molecule is C=C(C)C(=O)O[N+](C)(C)CC. The largest absolute Gasteiger partial charge is 0.392 e. The summed E-state index contributed by atoms with van der Waals surface area (Å²) in [5, 5.41) is 0. The molecule has 0 fully saturated rings. The van der Waals surface area contributed by atoms with E-state index in [0.29, 0.717) is 5.57 Å². The van der Waals surface area contributed by atoms with Gasteiger partial charge in [-0.3, -0.25) is 4.84 Å². The molecule has 3 nitrogen and oxygen atoms in total. The Hall–Kier alpha value is -0.830. The van der Waals surface area contributed by atoms with Crippen molar-refractivity contribution in [2.75, 3.05) is 20.6 Å². The van der Waals surface area contributed by atoms with E-state index in [9.17, 15) is 4.79 Å². The molecule has 0 saturated heterocycles. The highest BCUT2D eigenvalue weighted by Gasteiger charge is 2.19. The molecule has 64 valence electrons. The van der Waals surface area contributed by atoms with Gasteiger partial charge in [-0.15, -0.1) is 4.65 Å². The molecule has 0 saturated carbocycles. The Morgan fingerprint density at radius 3 is 2.27 bits per heavy atom. The number of hydrogen-bond donors (Lipinski definition) is 0. The molecule has 0 aromatic carbocycles. The van der Waals surface area contributed by atoms with Gasteiger partial charge in [0, 0.05) is 5.57 Å². The van der Waals surface area contributed by atoms with E-state index in [2.05, 4.69) is 6.58 Å². The lowest BCUT2D eigenvalue weighted by atomic mass is 10.4. The predicted molar refractivity (Wildman–Crippen MR) is 43.6 cm³/mol. The third-order valence-corrected chi connectivity index (χ3v) is 1.44. The zero-order valence-electron chi connectivity index (χ0n) is 7.68. The molecule has 0 aromatic heterocycles. The van der Waals surface area contributed by atoms with Crippen molar-refractivity contribution in [2.45, 2.75) is 13.8 Å². The zero-order chi connectivity index (χ0) is 9.07. The molecule has 0 aliphatic rings. The molecular formula is C8H16NO2+. The smallest absolute Gasteiger partial charge is 0.272 e. The van der Waals surface area contributed by atoms with E-state index in [-0.39, 0.29) is 10.6 Å². The summed E-state index contributed by atoms with van der Waals surface area (Å²) < 4.78 is 0.242. The molecule has 0 heterocycles. The van der Waals surface area contributed by atoms with Crippen LogP contribution in [-0.4, -0.2) is 31.3 Å². The van der Waals surface area contributed by atoms with Crippen LogP contribution in [0.15, 0.2) is 12.2 Å². The number of nitrogens with zero attached hydrogens (tertiary/aromatic N) is 1. The molecule has 3 heteroatoms. The first kappa shape index (κ1) is 10.2. The third kappa shape index (κ3) is 3.78. The van der Waals surface area contributed by atoms with Crippen molar-refractivity contribution >= 4 is 5.97 Å². The number of carbonyl (C=O) groups excluding carboxylic acids is 1. The minimum absolute atomic E-state index is 0.242. The van der Waals surface area contributed by atoms with Crippen LogP contribution in [0.25, 0.3) is 0 Å². The maximum absolute atomic E-state index is 11.0. The van der Waals surface area contributed by atoms with Gasteiger partial charge in [0.1, 0.15) is 20.6 Å². The Kier molecular flexibility index (Phi) is 3.26. The van der Waals surface area contributed by atoms with Crippen molar-refractivity contribution in [3.05, 3.63) is 12.2 Å². The van der Waals surface area contributed by atoms with E-state index in [1.54, 1.807) is 6.92 Å². The molecule has 11 heavy (non-hydrogen) atoms. The summed E-state index contributed by atoms with van der Waals surface area (Å²) in [4.78, 5) is 16.0. The van der Waals surface area contributed by atoms with E-state index in [0.717, 1.165) is 6.54 Å². The maximum atomic E-state index is 11.0. The summed E-state index contributed by atoms with van der Waals surface area (Å²) in [5.41, 5.74) is 0.435. The topological polar surface area (TPSA) is 26.3 Å². The Morgan fingerprint density at radius 2 is 2.00 bits per heavy atom. The standard InChI is InChI=1S/C8H16NO2/c1-6-9(4,5)11-8(10)7(2)3/h2,6H2,1,3-5H3/q+1. The van der Waals surface area contributed by atoms with Crippen molar-refractivity contribution in [3.8, 4) is 0 Å². The van der Waals surface area contributed by atoms with E-state index >= 15 is 0 Å². The summed E-state index contributed by atoms with van der Waals surface area (Å²) >= 11 is 0. The summed E-state index contributed by atoms with van der Waals surface area (Å²) in [6, 6.07) is 0.